The number of nitrogens with one attached hydrogen (secondary N) is 1. The van der Waals surface area contributed by atoms with E-state index in [4.69, 9.17) is 0 Å². The zero-order valence-electron chi connectivity index (χ0n) is 13.8. The third-order valence-electron chi connectivity index (χ3n) is 4.15. The molecule has 2 nitrogen and oxygen atoms in total. The Bertz CT molecular complexity index is 263. The largest absolute Gasteiger partial charge is 0.311 e. The van der Waals surface area contributed by atoms with Crippen LogP contribution in [0.25, 0.3) is 0 Å². The van der Waals surface area contributed by atoms with Gasteiger partial charge in [0.25, 0.3) is 0 Å². The molecule has 1 heterocycles. The maximum absolute atomic E-state index is 3.69. The molecule has 0 aromatic heterocycles. The van der Waals surface area contributed by atoms with Gasteiger partial charge < -0.3 is 5.32 Å². The van der Waals surface area contributed by atoms with Gasteiger partial charge in [-0.25, -0.2) is 0 Å². The quantitative estimate of drug-likeness (QED) is 0.829. The minimum absolute atomic E-state index is 0.285. The van der Waals surface area contributed by atoms with Gasteiger partial charge in [-0.05, 0) is 38.5 Å². The minimum atomic E-state index is 0.285. The highest BCUT2D eigenvalue weighted by atomic mass is 15.3. The van der Waals surface area contributed by atoms with Gasteiger partial charge in [-0.15, -0.1) is 0 Å². The fourth-order valence-corrected chi connectivity index (χ4v) is 3.58. The predicted molar refractivity (Wildman–Crippen MR) is 80.9 cm³/mol. The van der Waals surface area contributed by atoms with Crippen LogP contribution in [0.3, 0.4) is 0 Å². The molecular formula is C16H34N2. The van der Waals surface area contributed by atoms with Crippen LogP contribution in [0.2, 0.25) is 0 Å². The summed E-state index contributed by atoms with van der Waals surface area (Å²) in [6, 6.07) is 1.28. The van der Waals surface area contributed by atoms with Crippen LogP contribution in [0.4, 0.5) is 0 Å². The average Bonchev–Trinajstić information content (AvgIpc) is 2.13. The number of rotatable bonds is 3. The van der Waals surface area contributed by atoms with E-state index in [9.17, 15) is 0 Å². The van der Waals surface area contributed by atoms with Gasteiger partial charge in [0.05, 0.1) is 0 Å². The van der Waals surface area contributed by atoms with E-state index in [0.29, 0.717) is 23.4 Å². The Hall–Kier alpha value is -0.0800. The van der Waals surface area contributed by atoms with Crippen molar-refractivity contribution < 1.29 is 0 Å². The van der Waals surface area contributed by atoms with E-state index in [1.807, 2.05) is 0 Å². The smallest absolute Gasteiger partial charge is 0.0218 e. The molecule has 0 saturated carbocycles. The van der Waals surface area contributed by atoms with Crippen LogP contribution in [-0.2, 0) is 0 Å². The first-order chi connectivity index (χ1) is 8.03. The molecule has 1 aliphatic rings. The Balaban J connectivity index is 2.77. The molecule has 0 spiro atoms. The van der Waals surface area contributed by atoms with Crippen molar-refractivity contribution in [1.82, 2.24) is 10.2 Å². The Kier molecular flexibility index (Phi) is 4.88. The molecule has 108 valence electrons. The van der Waals surface area contributed by atoms with Crippen LogP contribution in [-0.4, -0.2) is 35.6 Å². The molecule has 0 aromatic rings. The molecule has 0 bridgehead atoms. The van der Waals surface area contributed by atoms with Crippen LogP contribution in [0.15, 0.2) is 0 Å². The number of hydrogen-bond donors (Lipinski definition) is 1. The third kappa shape index (κ3) is 4.24. The van der Waals surface area contributed by atoms with Gasteiger partial charge in [0.2, 0.25) is 0 Å². The van der Waals surface area contributed by atoms with Gasteiger partial charge in [0, 0.05) is 30.7 Å². The lowest BCUT2D eigenvalue weighted by atomic mass is 9.79. The second-order valence-electron chi connectivity index (χ2n) is 8.31. The van der Waals surface area contributed by atoms with E-state index < -0.39 is 0 Å². The molecule has 2 atom stereocenters. The Morgan fingerprint density at radius 1 is 1.17 bits per heavy atom. The summed E-state index contributed by atoms with van der Waals surface area (Å²) in [7, 11) is 0. The summed E-state index contributed by atoms with van der Waals surface area (Å²) in [6.07, 6.45) is 1.25. The molecule has 1 N–H and O–H groups in total. The lowest BCUT2D eigenvalue weighted by Gasteiger charge is -2.50. The maximum Gasteiger partial charge on any atom is 0.0218 e. The second-order valence-corrected chi connectivity index (χ2v) is 8.31. The van der Waals surface area contributed by atoms with E-state index in [1.165, 1.54) is 13.0 Å². The third-order valence-corrected chi connectivity index (χ3v) is 4.15. The molecule has 0 aromatic carbocycles. The Morgan fingerprint density at radius 3 is 2.17 bits per heavy atom. The summed E-state index contributed by atoms with van der Waals surface area (Å²) in [6.45, 7) is 21.2. The SMILES string of the molecule is CC(C)C1CN(C(C)(C)CC(C)(C)C)C(C)CN1. The standard InChI is InChI=1S/C16H34N2/c1-12(2)14-10-18(13(3)9-17-14)16(7,8)11-15(4,5)6/h12-14,17H,9-11H2,1-8H3. The van der Waals surface area contributed by atoms with Gasteiger partial charge >= 0.3 is 0 Å². The second kappa shape index (κ2) is 5.50. The average molecular weight is 254 g/mol. The van der Waals surface area contributed by atoms with Crippen LogP contribution < -0.4 is 5.32 Å². The fraction of sp³-hybridized carbons (Fsp3) is 1.00. The summed E-state index contributed by atoms with van der Waals surface area (Å²) < 4.78 is 0. The van der Waals surface area contributed by atoms with Crippen molar-refractivity contribution in [2.45, 2.75) is 79.4 Å². The zero-order valence-corrected chi connectivity index (χ0v) is 13.8. The summed E-state index contributed by atoms with van der Waals surface area (Å²) in [4.78, 5) is 2.72. The summed E-state index contributed by atoms with van der Waals surface area (Å²) in [5.74, 6) is 0.713. The minimum Gasteiger partial charge on any atom is -0.311 e. The molecule has 0 aliphatic carbocycles. The molecule has 2 heteroatoms. The van der Waals surface area contributed by atoms with E-state index in [0.717, 1.165) is 6.54 Å². The van der Waals surface area contributed by atoms with Crippen LogP contribution in [0.1, 0.15) is 61.8 Å². The van der Waals surface area contributed by atoms with Gasteiger partial charge in [-0.3, -0.25) is 4.90 Å². The van der Waals surface area contributed by atoms with Gasteiger partial charge in [-0.2, -0.15) is 0 Å². The van der Waals surface area contributed by atoms with Crippen molar-refractivity contribution in [2.24, 2.45) is 11.3 Å². The van der Waals surface area contributed by atoms with Crippen LogP contribution in [0, 0.1) is 11.3 Å². The van der Waals surface area contributed by atoms with Gasteiger partial charge in [0.1, 0.15) is 0 Å². The van der Waals surface area contributed by atoms with E-state index >= 15 is 0 Å². The number of hydrogen-bond acceptors (Lipinski definition) is 2. The Labute approximate surface area is 115 Å². The Morgan fingerprint density at radius 2 is 1.72 bits per heavy atom. The molecule has 0 radical (unpaired) electrons. The monoisotopic (exact) mass is 254 g/mol. The van der Waals surface area contributed by atoms with Gasteiger partial charge in [0.15, 0.2) is 0 Å². The molecule has 1 aliphatic heterocycles. The molecule has 0 amide bonds. The topological polar surface area (TPSA) is 15.3 Å². The van der Waals surface area contributed by atoms with Crippen LogP contribution in [0.5, 0.6) is 0 Å². The first-order valence-electron chi connectivity index (χ1n) is 7.53. The van der Waals surface area contributed by atoms with E-state index in [-0.39, 0.29) is 5.54 Å². The van der Waals surface area contributed by atoms with Gasteiger partial charge in [-0.1, -0.05) is 34.6 Å². The molecule has 1 rings (SSSR count). The van der Waals surface area contributed by atoms with Crippen molar-refractivity contribution in [1.29, 1.82) is 0 Å². The zero-order chi connectivity index (χ0) is 14.1. The molecule has 1 saturated heterocycles. The predicted octanol–water partition coefficient (Wildman–Crippen LogP) is 3.52. The van der Waals surface area contributed by atoms with Crippen LogP contribution >= 0.6 is 0 Å². The number of nitrogens with zero attached hydrogens (tertiary/aromatic N) is 1. The maximum atomic E-state index is 3.69. The van der Waals surface area contributed by atoms with Crippen molar-refractivity contribution in [2.75, 3.05) is 13.1 Å². The van der Waals surface area contributed by atoms with E-state index in [2.05, 4.69) is 65.6 Å². The molecular weight excluding hydrogens is 220 g/mol. The van der Waals surface area contributed by atoms with Crippen molar-refractivity contribution >= 4 is 0 Å². The van der Waals surface area contributed by atoms with E-state index in [1.54, 1.807) is 0 Å². The normalized spacial score (nSPS) is 27.8. The number of piperazine rings is 1. The molecule has 18 heavy (non-hydrogen) atoms. The molecule has 1 fully saturated rings. The summed E-state index contributed by atoms with van der Waals surface area (Å²) >= 11 is 0. The molecule has 2 unspecified atom stereocenters. The first-order valence-corrected chi connectivity index (χ1v) is 7.53. The fourth-order valence-electron chi connectivity index (χ4n) is 3.58. The van der Waals surface area contributed by atoms with Crippen molar-refractivity contribution in [3.8, 4) is 0 Å². The lowest BCUT2D eigenvalue weighted by Crippen LogP contribution is -2.63. The lowest BCUT2D eigenvalue weighted by molar-refractivity contribution is 0.00668. The van der Waals surface area contributed by atoms with Crippen molar-refractivity contribution in [3.05, 3.63) is 0 Å². The first kappa shape index (κ1) is 16.0. The highest BCUT2D eigenvalue weighted by molar-refractivity contribution is 4.95. The van der Waals surface area contributed by atoms with Crippen molar-refractivity contribution in [3.63, 3.8) is 0 Å². The summed E-state index contributed by atoms with van der Waals surface area (Å²) in [5, 5.41) is 3.69. The highest BCUT2D eigenvalue weighted by Crippen LogP contribution is 2.33. The highest BCUT2D eigenvalue weighted by Gasteiger charge is 2.38. The summed E-state index contributed by atoms with van der Waals surface area (Å²) in [5.41, 5.74) is 0.675.